The fourth-order valence-corrected chi connectivity index (χ4v) is 1.35. The minimum absolute atomic E-state index is 0.0254. The Morgan fingerprint density at radius 2 is 1.86 bits per heavy atom. The zero-order valence-electron chi connectivity index (χ0n) is 6.83. The van der Waals surface area contributed by atoms with Gasteiger partial charge in [0, 0.05) is 16.1 Å². The van der Waals surface area contributed by atoms with E-state index in [0.29, 0.717) is 5.56 Å². The van der Waals surface area contributed by atoms with Crippen LogP contribution in [0.5, 0.6) is 5.75 Å². The molecule has 0 unspecified atom stereocenters. The molecule has 0 aliphatic carbocycles. The molecule has 0 bridgehead atoms. The van der Waals surface area contributed by atoms with E-state index < -0.39 is 11.7 Å². The Bertz CT molecular complexity index is 376. The van der Waals surface area contributed by atoms with Crippen molar-refractivity contribution in [3.8, 4) is 5.75 Å². The van der Waals surface area contributed by atoms with Crippen molar-refractivity contribution in [2.75, 3.05) is 0 Å². The van der Waals surface area contributed by atoms with Crippen LogP contribution in [0.15, 0.2) is 18.2 Å². The second-order valence-corrected chi connectivity index (χ2v) is 3.30. The summed E-state index contributed by atoms with van der Waals surface area (Å²) in [5, 5.41) is 19.4. The molecule has 0 aromatic heterocycles. The van der Waals surface area contributed by atoms with E-state index in [2.05, 4.69) is 0 Å². The van der Waals surface area contributed by atoms with Crippen LogP contribution in [0.25, 0.3) is 6.08 Å². The smallest absolute Gasteiger partial charge is 0.328 e. The molecular formula is C9H5Cl2O3-. The van der Waals surface area contributed by atoms with Crippen molar-refractivity contribution in [2.45, 2.75) is 0 Å². The molecule has 74 valence electrons. The van der Waals surface area contributed by atoms with Crippen LogP contribution in [0.3, 0.4) is 0 Å². The Hall–Kier alpha value is -1.19. The van der Waals surface area contributed by atoms with Gasteiger partial charge in [0.1, 0.15) is 0 Å². The fraction of sp³-hybridized carbons (Fsp3) is 0. The van der Waals surface area contributed by atoms with Gasteiger partial charge < -0.3 is 10.2 Å². The fourth-order valence-electron chi connectivity index (χ4n) is 0.843. The van der Waals surface area contributed by atoms with Crippen LogP contribution in [0, 0.1) is 0 Å². The van der Waals surface area contributed by atoms with Gasteiger partial charge in [0.15, 0.2) is 0 Å². The molecule has 0 atom stereocenters. The standard InChI is InChI=1S/C9H6Cl2O3/c10-6-3-5(1-2-8(12)13)4-7(11)9(6)14/h1-4,14H,(H,12,13)/p-1/b2-1+. The summed E-state index contributed by atoms with van der Waals surface area (Å²) in [5.41, 5.74) is 0.474. The third-order valence-corrected chi connectivity index (χ3v) is 2.00. The van der Waals surface area contributed by atoms with Gasteiger partial charge in [-0.3, -0.25) is 0 Å². The lowest BCUT2D eigenvalue weighted by atomic mass is 10.2. The minimum Gasteiger partial charge on any atom is -0.870 e. The summed E-state index contributed by atoms with van der Waals surface area (Å²) in [4.78, 5) is 10.2. The quantitative estimate of drug-likeness (QED) is 0.794. The van der Waals surface area contributed by atoms with Gasteiger partial charge in [-0.25, -0.2) is 4.79 Å². The molecule has 14 heavy (non-hydrogen) atoms. The van der Waals surface area contributed by atoms with Gasteiger partial charge in [-0.05, 0) is 23.8 Å². The first-order valence-electron chi connectivity index (χ1n) is 3.58. The first kappa shape index (κ1) is 10.9. The molecule has 0 saturated carbocycles. The number of benzene rings is 1. The molecule has 0 radical (unpaired) electrons. The van der Waals surface area contributed by atoms with Gasteiger partial charge >= 0.3 is 5.97 Å². The maximum Gasteiger partial charge on any atom is 0.328 e. The first-order valence-corrected chi connectivity index (χ1v) is 4.33. The molecule has 0 amide bonds. The van der Waals surface area contributed by atoms with E-state index in [-0.39, 0.29) is 10.0 Å². The number of aliphatic carboxylic acids is 1. The first-order chi connectivity index (χ1) is 6.50. The SMILES string of the molecule is O=C(O)/C=C/c1cc(Cl)c([O-])c(Cl)c1. The molecule has 3 nitrogen and oxygen atoms in total. The number of hydrogen-bond donors (Lipinski definition) is 1. The highest BCUT2D eigenvalue weighted by molar-refractivity contribution is 6.37. The molecule has 0 aliphatic heterocycles. The van der Waals surface area contributed by atoms with Crippen molar-refractivity contribution in [3.05, 3.63) is 33.8 Å². The molecule has 1 aromatic rings. The lowest BCUT2D eigenvalue weighted by Crippen LogP contribution is -1.92. The molecule has 1 rings (SSSR count). The summed E-state index contributed by atoms with van der Waals surface area (Å²) in [6.07, 6.45) is 2.24. The van der Waals surface area contributed by atoms with Gasteiger partial charge in [-0.15, -0.1) is 0 Å². The number of halogens is 2. The van der Waals surface area contributed by atoms with Crippen LogP contribution < -0.4 is 5.11 Å². The Morgan fingerprint density at radius 3 is 2.29 bits per heavy atom. The summed E-state index contributed by atoms with van der Waals surface area (Å²) in [7, 11) is 0. The second-order valence-electron chi connectivity index (χ2n) is 2.49. The van der Waals surface area contributed by atoms with Crippen LogP contribution in [-0.2, 0) is 4.79 Å². The van der Waals surface area contributed by atoms with E-state index in [1.807, 2.05) is 0 Å². The summed E-state index contributed by atoms with van der Waals surface area (Å²) in [5.74, 6) is -1.54. The summed E-state index contributed by atoms with van der Waals surface area (Å²) >= 11 is 11.1. The normalized spacial score (nSPS) is 10.7. The molecule has 1 N–H and O–H groups in total. The Balaban J connectivity index is 3.07. The van der Waals surface area contributed by atoms with Crippen molar-refractivity contribution in [2.24, 2.45) is 0 Å². The van der Waals surface area contributed by atoms with Crippen LogP contribution >= 0.6 is 23.2 Å². The second kappa shape index (κ2) is 4.35. The number of carboxylic acid groups (broad SMARTS) is 1. The summed E-state index contributed by atoms with van der Waals surface area (Å²) in [6, 6.07) is 2.71. The molecule has 0 heterocycles. The van der Waals surface area contributed by atoms with Crippen LogP contribution in [0.1, 0.15) is 5.56 Å². The zero-order valence-corrected chi connectivity index (χ0v) is 8.34. The number of hydrogen-bond acceptors (Lipinski definition) is 2. The summed E-state index contributed by atoms with van der Waals surface area (Å²) < 4.78 is 0. The molecule has 0 saturated heterocycles. The van der Waals surface area contributed by atoms with Crippen LogP contribution in [0.2, 0.25) is 10.0 Å². The van der Waals surface area contributed by atoms with Crippen LogP contribution in [0.4, 0.5) is 0 Å². The van der Waals surface area contributed by atoms with Gasteiger partial charge in [0.05, 0.1) is 0 Å². The topological polar surface area (TPSA) is 60.4 Å². The van der Waals surface area contributed by atoms with E-state index in [1.165, 1.54) is 18.2 Å². The van der Waals surface area contributed by atoms with Crippen molar-refractivity contribution in [3.63, 3.8) is 0 Å². The van der Waals surface area contributed by atoms with Crippen LogP contribution in [-0.4, -0.2) is 11.1 Å². The molecular weight excluding hydrogens is 227 g/mol. The highest BCUT2D eigenvalue weighted by Gasteiger charge is 1.98. The highest BCUT2D eigenvalue weighted by Crippen LogP contribution is 2.30. The van der Waals surface area contributed by atoms with E-state index in [0.717, 1.165) is 6.08 Å². The minimum atomic E-state index is -1.08. The van der Waals surface area contributed by atoms with E-state index in [4.69, 9.17) is 28.3 Å². The van der Waals surface area contributed by atoms with Crippen molar-refractivity contribution in [1.82, 2.24) is 0 Å². The van der Waals surface area contributed by atoms with E-state index >= 15 is 0 Å². The predicted octanol–water partition coefficient (Wildman–Crippen LogP) is 2.16. The maximum absolute atomic E-state index is 11.1. The third-order valence-electron chi connectivity index (χ3n) is 1.44. The van der Waals surface area contributed by atoms with Gasteiger partial charge in [-0.1, -0.05) is 29.0 Å². The largest absolute Gasteiger partial charge is 0.870 e. The predicted molar refractivity (Wildman–Crippen MR) is 52.6 cm³/mol. The lowest BCUT2D eigenvalue weighted by Gasteiger charge is -2.11. The van der Waals surface area contributed by atoms with Gasteiger partial charge in [0.2, 0.25) is 0 Å². The van der Waals surface area contributed by atoms with Crippen molar-refractivity contribution in [1.29, 1.82) is 0 Å². The van der Waals surface area contributed by atoms with Crippen molar-refractivity contribution >= 4 is 35.2 Å². The number of rotatable bonds is 2. The molecule has 1 aromatic carbocycles. The average molecular weight is 232 g/mol. The molecule has 0 fully saturated rings. The Labute approximate surface area is 90.2 Å². The van der Waals surface area contributed by atoms with E-state index in [9.17, 15) is 9.90 Å². The lowest BCUT2D eigenvalue weighted by molar-refractivity contribution is -0.268. The molecule has 0 spiro atoms. The van der Waals surface area contributed by atoms with E-state index in [1.54, 1.807) is 0 Å². The Morgan fingerprint density at radius 1 is 1.36 bits per heavy atom. The highest BCUT2D eigenvalue weighted by atomic mass is 35.5. The van der Waals surface area contributed by atoms with Gasteiger partial charge in [-0.2, -0.15) is 0 Å². The number of carbonyl (C=O) groups is 1. The van der Waals surface area contributed by atoms with Gasteiger partial charge in [0.25, 0.3) is 0 Å². The average Bonchev–Trinajstić information content (AvgIpc) is 2.10. The number of carboxylic acids is 1. The summed E-state index contributed by atoms with van der Waals surface area (Å²) in [6.45, 7) is 0. The third kappa shape index (κ3) is 2.65. The molecule has 0 aliphatic rings. The van der Waals surface area contributed by atoms with Crippen molar-refractivity contribution < 1.29 is 15.0 Å². The Kier molecular flexibility index (Phi) is 3.38. The molecule has 5 heteroatoms. The zero-order chi connectivity index (χ0) is 10.7. The monoisotopic (exact) mass is 231 g/mol. The maximum atomic E-state index is 11.1.